The monoisotopic (exact) mass is 270 g/mol. The standard InChI is InChI=1S/C15H30N2O2/c1-12(11-16-5)10-13-6-8-17(9-7-13)14(18)19-15(2,3)4/h12-13,16H,6-11H2,1-5H3. The summed E-state index contributed by atoms with van der Waals surface area (Å²) in [5, 5.41) is 3.23. The fourth-order valence-corrected chi connectivity index (χ4v) is 2.68. The first kappa shape index (κ1) is 16.3. The number of nitrogens with one attached hydrogen (secondary N) is 1. The van der Waals surface area contributed by atoms with Crippen LogP contribution in [-0.2, 0) is 4.74 Å². The van der Waals surface area contributed by atoms with Crippen molar-refractivity contribution in [1.82, 2.24) is 10.2 Å². The summed E-state index contributed by atoms with van der Waals surface area (Å²) in [5.41, 5.74) is -0.394. The van der Waals surface area contributed by atoms with Gasteiger partial charge in [-0.25, -0.2) is 4.79 Å². The lowest BCUT2D eigenvalue weighted by Crippen LogP contribution is -2.42. The Morgan fingerprint density at radius 1 is 1.37 bits per heavy atom. The van der Waals surface area contributed by atoms with Gasteiger partial charge in [0.05, 0.1) is 0 Å². The van der Waals surface area contributed by atoms with Crippen molar-refractivity contribution in [2.75, 3.05) is 26.7 Å². The van der Waals surface area contributed by atoms with Crippen LogP contribution in [0.15, 0.2) is 0 Å². The van der Waals surface area contributed by atoms with Crippen molar-refractivity contribution in [3.8, 4) is 0 Å². The molecule has 0 saturated carbocycles. The Morgan fingerprint density at radius 2 is 1.95 bits per heavy atom. The minimum absolute atomic E-state index is 0.158. The average Bonchev–Trinajstić information content (AvgIpc) is 2.27. The summed E-state index contributed by atoms with van der Waals surface area (Å²) >= 11 is 0. The topological polar surface area (TPSA) is 41.6 Å². The second kappa shape index (κ2) is 7.13. The first-order valence-electron chi connectivity index (χ1n) is 7.44. The number of ether oxygens (including phenoxy) is 1. The van der Waals surface area contributed by atoms with Crippen LogP contribution in [0.2, 0.25) is 0 Å². The molecule has 1 amide bonds. The molecule has 0 aromatic carbocycles. The summed E-state index contributed by atoms with van der Waals surface area (Å²) in [7, 11) is 2.00. The molecule has 1 N–H and O–H groups in total. The number of rotatable bonds is 4. The number of amides is 1. The van der Waals surface area contributed by atoms with E-state index >= 15 is 0 Å². The molecule has 1 aliphatic rings. The van der Waals surface area contributed by atoms with E-state index in [9.17, 15) is 4.79 Å². The molecule has 0 bridgehead atoms. The molecule has 1 fully saturated rings. The molecule has 0 radical (unpaired) electrons. The van der Waals surface area contributed by atoms with E-state index < -0.39 is 5.60 Å². The molecule has 1 saturated heterocycles. The minimum Gasteiger partial charge on any atom is -0.444 e. The number of piperidine rings is 1. The third-order valence-corrected chi connectivity index (χ3v) is 3.55. The highest BCUT2D eigenvalue weighted by Gasteiger charge is 2.27. The van der Waals surface area contributed by atoms with Gasteiger partial charge in [0, 0.05) is 13.1 Å². The van der Waals surface area contributed by atoms with Gasteiger partial charge in [0.15, 0.2) is 0 Å². The van der Waals surface area contributed by atoms with Gasteiger partial charge >= 0.3 is 6.09 Å². The quantitative estimate of drug-likeness (QED) is 0.854. The maximum Gasteiger partial charge on any atom is 0.410 e. The molecule has 1 atom stereocenters. The highest BCUT2D eigenvalue weighted by Crippen LogP contribution is 2.25. The zero-order valence-electron chi connectivity index (χ0n) is 13.2. The Labute approximate surface area is 117 Å². The Kier molecular flexibility index (Phi) is 6.11. The zero-order chi connectivity index (χ0) is 14.5. The summed E-state index contributed by atoms with van der Waals surface area (Å²) in [6.07, 6.45) is 3.30. The molecule has 1 unspecified atom stereocenters. The molecule has 0 aromatic heterocycles. The fourth-order valence-electron chi connectivity index (χ4n) is 2.68. The number of hydrogen-bond donors (Lipinski definition) is 1. The lowest BCUT2D eigenvalue weighted by atomic mass is 9.88. The highest BCUT2D eigenvalue weighted by molar-refractivity contribution is 5.68. The lowest BCUT2D eigenvalue weighted by molar-refractivity contribution is 0.0176. The van der Waals surface area contributed by atoms with Gasteiger partial charge in [-0.05, 0) is 65.5 Å². The third-order valence-electron chi connectivity index (χ3n) is 3.55. The van der Waals surface area contributed by atoms with Gasteiger partial charge in [0.2, 0.25) is 0 Å². The third kappa shape index (κ3) is 6.28. The largest absolute Gasteiger partial charge is 0.444 e. The number of carbonyl (C=O) groups excluding carboxylic acids is 1. The maximum atomic E-state index is 11.9. The predicted octanol–water partition coefficient (Wildman–Crippen LogP) is 2.88. The second-order valence-corrected chi connectivity index (χ2v) is 6.81. The molecular weight excluding hydrogens is 240 g/mol. The van der Waals surface area contributed by atoms with Crippen LogP contribution in [0.4, 0.5) is 4.79 Å². The Morgan fingerprint density at radius 3 is 2.42 bits per heavy atom. The normalized spacial score (nSPS) is 19.3. The van der Waals surface area contributed by atoms with E-state index in [1.54, 1.807) is 0 Å². The van der Waals surface area contributed by atoms with Crippen molar-refractivity contribution in [3.63, 3.8) is 0 Å². The average molecular weight is 270 g/mol. The Hall–Kier alpha value is -0.770. The van der Waals surface area contributed by atoms with Gasteiger partial charge < -0.3 is 15.0 Å². The first-order chi connectivity index (χ1) is 8.81. The van der Waals surface area contributed by atoms with Crippen molar-refractivity contribution in [2.24, 2.45) is 11.8 Å². The highest BCUT2D eigenvalue weighted by atomic mass is 16.6. The molecule has 1 rings (SSSR count). The zero-order valence-corrected chi connectivity index (χ0v) is 13.2. The van der Waals surface area contributed by atoms with Crippen LogP contribution < -0.4 is 5.32 Å². The summed E-state index contributed by atoms with van der Waals surface area (Å²) in [5.74, 6) is 1.46. The maximum absolute atomic E-state index is 11.9. The summed E-state index contributed by atoms with van der Waals surface area (Å²) in [6.45, 7) is 10.8. The van der Waals surface area contributed by atoms with E-state index in [0.29, 0.717) is 5.92 Å². The van der Waals surface area contributed by atoms with Gasteiger partial charge in [-0.15, -0.1) is 0 Å². The van der Waals surface area contributed by atoms with Crippen LogP contribution >= 0.6 is 0 Å². The van der Waals surface area contributed by atoms with E-state index in [1.807, 2.05) is 32.7 Å². The summed E-state index contributed by atoms with van der Waals surface area (Å²) in [4.78, 5) is 13.8. The minimum atomic E-state index is -0.394. The van der Waals surface area contributed by atoms with Crippen LogP contribution in [0.5, 0.6) is 0 Å². The second-order valence-electron chi connectivity index (χ2n) is 6.81. The molecule has 4 nitrogen and oxygen atoms in total. The van der Waals surface area contributed by atoms with Crippen LogP contribution in [-0.4, -0.2) is 43.3 Å². The van der Waals surface area contributed by atoms with Gasteiger partial charge in [0.1, 0.15) is 5.60 Å². The van der Waals surface area contributed by atoms with Gasteiger partial charge in [0.25, 0.3) is 0 Å². The SMILES string of the molecule is CNCC(C)CC1CCN(C(=O)OC(C)(C)C)CC1. The lowest BCUT2D eigenvalue weighted by Gasteiger charge is -2.34. The van der Waals surface area contributed by atoms with Crippen molar-refractivity contribution in [2.45, 2.75) is 52.6 Å². The van der Waals surface area contributed by atoms with E-state index in [2.05, 4.69) is 12.2 Å². The predicted molar refractivity (Wildman–Crippen MR) is 78.2 cm³/mol. The van der Waals surface area contributed by atoms with Gasteiger partial charge in [-0.1, -0.05) is 6.92 Å². The Bertz CT molecular complexity index is 278. The van der Waals surface area contributed by atoms with Gasteiger partial charge in [-0.2, -0.15) is 0 Å². The van der Waals surface area contributed by atoms with Crippen molar-refractivity contribution in [3.05, 3.63) is 0 Å². The number of nitrogens with zero attached hydrogens (tertiary/aromatic N) is 1. The van der Waals surface area contributed by atoms with Crippen LogP contribution in [0.25, 0.3) is 0 Å². The number of likely N-dealkylation sites (tertiary alicyclic amines) is 1. The molecule has 4 heteroatoms. The van der Waals surface area contributed by atoms with E-state index in [-0.39, 0.29) is 6.09 Å². The molecule has 0 aliphatic carbocycles. The summed E-state index contributed by atoms with van der Waals surface area (Å²) < 4.78 is 5.41. The molecule has 1 aliphatic heterocycles. The smallest absolute Gasteiger partial charge is 0.410 e. The molecule has 19 heavy (non-hydrogen) atoms. The van der Waals surface area contributed by atoms with E-state index in [4.69, 9.17) is 4.74 Å². The summed E-state index contributed by atoms with van der Waals surface area (Å²) in [6, 6.07) is 0. The van der Waals surface area contributed by atoms with E-state index in [0.717, 1.165) is 38.4 Å². The molecule has 112 valence electrons. The molecular formula is C15H30N2O2. The Balaban J connectivity index is 2.30. The first-order valence-corrected chi connectivity index (χ1v) is 7.44. The van der Waals surface area contributed by atoms with Gasteiger partial charge in [-0.3, -0.25) is 0 Å². The molecule has 1 heterocycles. The van der Waals surface area contributed by atoms with Crippen LogP contribution in [0.1, 0.15) is 47.0 Å². The molecule has 0 spiro atoms. The van der Waals surface area contributed by atoms with Crippen LogP contribution in [0, 0.1) is 11.8 Å². The number of hydrogen-bond acceptors (Lipinski definition) is 3. The van der Waals surface area contributed by atoms with Crippen molar-refractivity contribution >= 4 is 6.09 Å². The fraction of sp³-hybridized carbons (Fsp3) is 0.933. The van der Waals surface area contributed by atoms with E-state index in [1.165, 1.54) is 6.42 Å². The van der Waals surface area contributed by atoms with Crippen LogP contribution in [0.3, 0.4) is 0 Å². The van der Waals surface area contributed by atoms with Crippen molar-refractivity contribution < 1.29 is 9.53 Å². The molecule has 0 aromatic rings. The van der Waals surface area contributed by atoms with Crippen molar-refractivity contribution in [1.29, 1.82) is 0 Å². The number of carbonyl (C=O) groups is 1.